The van der Waals surface area contributed by atoms with Gasteiger partial charge in [0.2, 0.25) is 0 Å². The predicted molar refractivity (Wildman–Crippen MR) is 114 cm³/mol. The van der Waals surface area contributed by atoms with Crippen LogP contribution in [0.2, 0.25) is 0 Å². The summed E-state index contributed by atoms with van der Waals surface area (Å²) in [5.41, 5.74) is 5.38. The molecule has 0 N–H and O–H groups in total. The monoisotopic (exact) mass is 382 g/mol. The maximum Gasteiger partial charge on any atom is 0.170 e. The molecule has 0 spiro atoms. The molecule has 1 atom stereocenters. The van der Waals surface area contributed by atoms with Crippen molar-refractivity contribution in [2.45, 2.75) is 65.2 Å². The van der Waals surface area contributed by atoms with Gasteiger partial charge in [0.1, 0.15) is 0 Å². The SMILES string of the molecule is Cc1cc(C(C)(C)C)cc(C)c1C(=O)C(CCCCP=O)c1ccccc1. The fourth-order valence-corrected chi connectivity index (χ4v) is 3.97. The Bertz CT molecular complexity index is 765. The molecule has 2 nitrogen and oxygen atoms in total. The number of carbonyl (C=O) groups is 1. The molecule has 0 aromatic heterocycles. The molecule has 2 rings (SSSR count). The van der Waals surface area contributed by atoms with Crippen LogP contribution >= 0.6 is 8.46 Å². The fraction of sp³-hybridized carbons (Fsp3) is 0.458. The standard InChI is InChI=1S/C24H31O2P/c1-17-15-20(24(3,4)5)16-18(2)22(17)23(25)21(13-9-10-14-27-26)19-11-7-6-8-12-19/h6-8,11-12,15-16,21H,9-10,13-14H2,1-5H3. The molecule has 0 bridgehead atoms. The van der Waals surface area contributed by atoms with E-state index in [0.717, 1.165) is 41.5 Å². The van der Waals surface area contributed by atoms with Crippen LogP contribution in [0, 0.1) is 13.8 Å². The minimum Gasteiger partial charge on any atom is -0.293 e. The number of carbonyl (C=O) groups excluding carboxylic acids is 1. The molecule has 0 saturated heterocycles. The third kappa shape index (κ3) is 5.59. The molecule has 0 saturated carbocycles. The van der Waals surface area contributed by atoms with Gasteiger partial charge in [-0.3, -0.25) is 9.36 Å². The van der Waals surface area contributed by atoms with Crippen LogP contribution < -0.4 is 0 Å². The van der Waals surface area contributed by atoms with Gasteiger partial charge in [-0.25, -0.2) is 0 Å². The highest BCUT2D eigenvalue weighted by molar-refractivity contribution is 7.23. The molecule has 0 aliphatic carbocycles. The maximum atomic E-state index is 13.5. The molecule has 144 valence electrons. The van der Waals surface area contributed by atoms with Gasteiger partial charge in [0.05, 0.1) is 0 Å². The van der Waals surface area contributed by atoms with Gasteiger partial charge in [-0.2, -0.15) is 0 Å². The summed E-state index contributed by atoms with van der Waals surface area (Å²) in [5.74, 6) is 0.0590. The first-order chi connectivity index (χ1) is 12.8. The number of ketones is 1. The fourth-order valence-electron chi connectivity index (χ4n) is 3.62. The van der Waals surface area contributed by atoms with Crippen molar-refractivity contribution in [3.8, 4) is 0 Å². The van der Waals surface area contributed by atoms with Gasteiger partial charge < -0.3 is 0 Å². The highest BCUT2D eigenvalue weighted by Crippen LogP contribution is 2.32. The van der Waals surface area contributed by atoms with Crippen molar-refractivity contribution in [1.29, 1.82) is 0 Å². The van der Waals surface area contributed by atoms with Gasteiger partial charge in [0.25, 0.3) is 0 Å². The quantitative estimate of drug-likeness (QED) is 0.279. The van der Waals surface area contributed by atoms with Crippen LogP contribution in [0.25, 0.3) is 0 Å². The predicted octanol–water partition coefficient (Wildman–Crippen LogP) is 7.03. The average molecular weight is 382 g/mol. The van der Waals surface area contributed by atoms with Gasteiger partial charge in [-0.05, 0) is 54.4 Å². The summed E-state index contributed by atoms with van der Waals surface area (Å²) in [5, 5.41) is 0. The summed E-state index contributed by atoms with van der Waals surface area (Å²) in [4.78, 5) is 13.5. The molecule has 27 heavy (non-hydrogen) atoms. The van der Waals surface area contributed by atoms with Crippen molar-refractivity contribution in [2.24, 2.45) is 0 Å². The van der Waals surface area contributed by atoms with Crippen LogP contribution in [-0.2, 0) is 9.98 Å². The van der Waals surface area contributed by atoms with E-state index in [0.29, 0.717) is 6.16 Å². The van der Waals surface area contributed by atoms with Crippen molar-refractivity contribution >= 4 is 14.2 Å². The van der Waals surface area contributed by atoms with Crippen LogP contribution in [0.15, 0.2) is 42.5 Å². The first-order valence-electron chi connectivity index (χ1n) is 9.75. The average Bonchev–Trinajstić information content (AvgIpc) is 2.61. The van der Waals surface area contributed by atoms with Crippen molar-refractivity contribution in [2.75, 3.05) is 6.16 Å². The molecule has 0 heterocycles. The molecule has 0 amide bonds. The largest absolute Gasteiger partial charge is 0.293 e. The minimum atomic E-state index is -0.146. The first kappa shape index (κ1) is 21.5. The van der Waals surface area contributed by atoms with Gasteiger partial charge in [0.15, 0.2) is 14.2 Å². The molecule has 2 aromatic rings. The Morgan fingerprint density at radius 1 is 1.00 bits per heavy atom. The van der Waals surface area contributed by atoms with E-state index in [9.17, 15) is 9.36 Å². The summed E-state index contributed by atoms with van der Waals surface area (Å²) in [6.07, 6.45) is 3.23. The number of aryl methyl sites for hydroxylation is 2. The van der Waals surface area contributed by atoms with Crippen LogP contribution in [0.3, 0.4) is 0 Å². The maximum absolute atomic E-state index is 13.5. The Kier molecular flexibility index (Phi) is 7.50. The highest BCUT2D eigenvalue weighted by Gasteiger charge is 2.26. The van der Waals surface area contributed by atoms with Gasteiger partial charge in [-0.15, -0.1) is 0 Å². The summed E-state index contributed by atoms with van der Waals surface area (Å²) >= 11 is 0. The number of benzene rings is 2. The zero-order valence-corrected chi connectivity index (χ0v) is 18.1. The lowest BCUT2D eigenvalue weighted by atomic mass is 9.80. The molecular weight excluding hydrogens is 351 g/mol. The third-order valence-corrected chi connectivity index (χ3v) is 5.65. The van der Waals surface area contributed by atoms with E-state index in [1.54, 1.807) is 0 Å². The number of hydrogen-bond acceptors (Lipinski definition) is 2. The number of unbranched alkanes of at least 4 members (excludes halogenated alkanes) is 1. The molecular formula is C24H31O2P. The summed E-state index contributed by atoms with van der Waals surface area (Å²) < 4.78 is 10.7. The molecule has 0 radical (unpaired) electrons. The van der Waals surface area contributed by atoms with Gasteiger partial charge in [0, 0.05) is 17.6 Å². The Hall–Kier alpha value is -1.79. The van der Waals surface area contributed by atoms with Crippen LogP contribution in [0.4, 0.5) is 0 Å². The number of rotatable bonds is 8. The van der Waals surface area contributed by atoms with Gasteiger partial charge >= 0.3 is 0 Å². The second-order valence-corrected chi connectivity index (χ2v) is 9.12. The lowest BCUT2D eigenvalue weighted by molar-refractivity contribution is 0.0952. The molecule has 0 aliphatic heterocycles. The third-order valence-electron chi connectivity index (χ3n) is 5.16. The van der Waals surface area contributed by atoms with E-state index >= 15 is 0 Å². The Labute approximate surface area is 165 Å². The Morgan fingerprint density at radius 3 is 2.11 bits per heavy atom. The van der Waals surface area contributed by atoms with E-state index in [1.165, 1.54) is 5.56 Å². The van der Waals surface area contributed by atoms with Crippen molar-refractivity contribution in [3.63, 3.8) is 0 Å². The van der Waals surface area contributed by atoms with E-state index < -0.39 is 0 Å². The van der Waals surface area contributed by atoms with Crippen LogP contribution in [-0.4, -0.2) is 11.9 Å². The zero-order valence-electron chi connectivity index (χ0n) is 17.2. The minimum absolute atomic E-state index is 0.0630. The zero-order chi connectivity index (χ0) is 20.0. The van der Waals surface area contributed by atoms with E-state index in [4.69, 9.17) is 0 Å². The molecule has 3 heteroatoms. The Balaban J connectivity index is 2.38. The van der Waals surface area contributed by atoms with Crippen molar-refractivity contribution in [1.82, 2.24) is 0 Å². The van der Waals surface area contributed by atoms with E-state index in [2.05, 4.69) is 32.9 Å². The van der Waals surface area contributed by atoms with Crippen LogP contribution in [0.5, 0.6) is 0 Å². The normalized spacial score (nSPS) is 12.9. The lowest BCUT2D eigenvalue weighted by Crippen LogP contribution is -2.18. The lowest BCUT2D eigenvalue weighted by Gasteiger charge is -2.24. The van der Waals surface area contributed by atoms with E-state index in [-0.39, 0.29) is 25.6 Å². The summed E-state index contributed by atoms with van der Waals surface area (Å²) in [6.45, 7) is 10.7. The molecule has 0 aliphatic rings. The second-order valence-electron chi connectivity index (χ2n) is 8.41. The van der Waals surface area contributed by atoms with Crippen molar-refractivity contribution < 1.29 is 9.36 Å². The second kappa shape index (κ2) is 9.42. The number of Topliss-reactive ketones (excluding diaryl/α,β-unsaturated/α-hetero) is 1. The molecule has 1 unspecified atom stereocenters. The molecule has 0 fully saturated rings. The Morgan fingerprint density at radius 2 is 1.59 bits per heavy atom. The summed E-state index contributed by atoms with van der Waals surface area (Å²) in [6, 6.07) is 14.4. The topological polar surface area (TPSA) is 34.1 Å². The van der Waals surface area contributed by atoms with Crippen LogP contribution in [0.1, 0.15) is 78.6 Å². The van der Waals surface area contributed by atoms with E-state index in [1.807, 2.05) is 44.2 Å². The number of hydrogen-bond donors (Lipinski definition) is 0. The summed E-state index contributed by atoms with van der Waals surface area (Å²) in [7, 11) is 0.188. The smallest absolute Gasteiger partial charge is 0.170 e. The highest BCUT2D eigenvalue weighted by atomic mass is 31.1. The molecule has 2 aromatic carbocycles. The van der Waals surface area contributed by atoms with Crippen molar-refractivity contribution in [3.05, 3.63) is 70.3 Å². The van der Waals surface area contributed by atoms with Gasteiger partial charge in [-0.1, -0.05) is 69.7 Å². The first-order valence-corrected chi connectivity index (χ1v) is 10.8.